The van der Waals surface area contributed by atoms with Gasteiger partial charge in [0.05, 0.1) is 24.6 Å². The summed E-state index contributed by atoms with van der Waals surface area (Å²) in [6.07, 6.45) is -0.0135. The van der Waals surface area contributed by atoms with Crippen molar-refractivity contribution in [2.45, 2.75) is 24.8 Å². The molecule has 170 valence electrons. The second kappa shape index (κ2) is 12.4. The second-order valence-corrected chi connectivity index (χ2v) is 8.88. The Kier molecular flexibility index (Phi) is 10.2. The molecule has 2 aromatic rings. The topological polar surface area (TPSA) is 83.0 Å². The predicted molar refractivity (Wildman–Crippen MR) is 134 cm³/mol. The molecule has 2 N–H and O–H groups in total. The Balaban J connectivity index is 0.00000341. The number of nitrogens with one attached hydrogen (secondary N) is 2. The Labute approximate surface area is 202 Å². The van der Waals surface area contributed by atoms with Crippen molar-refractivity contribution in [2.75, 3.05) is 39.3 Å². The second-order valence-electron chi connectivity index (χ2n) is 7.11. The lowest BCUT2D eigenvalue weighted by Gasteiger charge is -2.35. The van der Waals surface area contributed by atoms with Crippen LogP contribution < -0.4 is 10.0 Å². The fraction of sp³-hybridized carbons (Fsp3) is 0.409. The summed E-state index contributed by atoms with van der Waals surface area (Å²) in [6.45, 7) is 7.49. The standard InChI is InChI=1S/C22H30N4O3S.HI/c1-3-23-22(24-13-14-25-30(27,28)19-10-5-4-6-11-19)26-15-16-29-21(17-26)20-12-8-7-9-18(20)2;/h4-12,21,25H,3,13-17H2,1-2H3,(H,23,24);1H. The molecular formula is C22H31IN4O3S. The van der Waals surface area contributed by atoms with Crippen molar-refractivity contribution in [2.24, 2.45) is 4.99 Å². The zero-order valence-corrected chi connectivity index (χ0v) is 21.1. The summed E-state index contributed by atoms with van der Waals surface area (Å²) in [4.78, 5) is 7.07. The van der Waals surface area contributed by atoms with E-state index in [0.29, 0.717) is 19.7 Å². The van der Waals surface area contributed by atoms with E-state index in [-0.39, 0.29) is 41.5 Å². The lowest BCUT2D eigenvalue weighted by Crippen LogP contribution is -2.48. The molecule has 0 bridgehead atoms. The van der Waals surface area contributed by atoms with E-state index in [4.69, 9.17) is 4.74 Å². The van der Waals surface area contributed by atoms with Crippen LogP contribution in [-0.4, -0.2) is 58.6 Å². The van der Waals surface area contributed by atoms with Crippen molar-refractivity contribution in [3.63, 3.8) is 0 Å². The summed E-state index contributed by atoms with van der Waals surface area (Å²) in [5, 5.41) is 3.31. The fourth-order valence-corrected chi connectivity index (χ4v) is 4.47. The number of sulfonamides is 1. The van der Waals surface area contributed by atoms with E-state index in [1.807, 2.05) is 19.1 Å². The van der Waals surface area contributed by atoms with Gasteiger partial charge in [-0.15, -0.1) is 24.0 Å². The molecule has 0 radical (unpaired) electrons. The molecule has 1 fully saturated rings. The molecule has 1 saturated heterocycles. The van der Waals surface area contributed by atoms with Crippen LogP contribution in [-0.2, 0) is 14.8 Å². The Morgan fingerprint density at radius 3 is 2.58 bits per heavy atom. The zero-order chi connectivity index (χ0) is 21.4. The van der Waals surface area contributed by atoms with Crippen LogP contribution in [0.25, 0.3) is 0 Å². The van der Waals surface area contributed by atoms with Crippen LogP contribution in [0.5, 0.6) is 0 Å². The number of aliphatic imine (C=N–C) groups is 1. The summed E-state index contributed by atoms with van der Waals surface area (Å²) < 4.78 is 33.3. The third-order valence-electron chi connectivity index (χ3n) is 4.96. The van der Waals surface area contributed by atoms with Gasteiger partial charge in [0.2, 0.25) is 10.0 Å². The van der Waals surface area contributed by atoms with E-state index in [1.165, 1.54) is 11.1 Å². The highest BCUT2D eigenvalue weighted by molar-refractivity contribution is 14.0. The summed E-state index contributed by atoms with van der Waals surface area (Å²) in [5.41, 5.74) is 2.40. The van der Waals surface area contributed by atoms with Crippen LogP contribution in [0, 0.1) is 6.92 Å². The van der Waals surface area contributed by atoms with E-state index in [2.05, 4.69) is 39.0 Å². The minimum absolute atomic E-state index is 0. The Bertz CT molecular complexity index is 954. The number of morpholine rings is 1. The molecule has 1 unspecified atom stereocenters. The molecule has 1 aliphatic heterocycles. The average Bonchev–Trinajstić information content (AvgIpc) is 2.77. The molecule has 0 amide bonds. The van der Waals surface area contributed by atoms with Crippen molar-refractivity contribution < 1.29 is 13.2 Å². The fourth-order valence-electron chi connectivity index (χ4n) is 3.43. The number of hydrogen-bond acceptors (Lipinski definition) is 4. The number of guanidine groups is 1. The van der Waals surface area contributed by atoms with Gasteiger partial charge >= 0.3 is 0 Å². The van der Waals surface area contributed by atoms with Gasteiger partial charge in [-0.2, -0.15) is 0 Å². The highest BCUT2D eigenvalue weighted by Gasteiger charge is 2.25. The lowest BCUT2D eigenvalue weighted by molar-refractivity contribution is -0.00832. The van der Waals surface area contributed by atoms with Gasteiger partial charge in [0.25, 0.3) is 0 Å². The molecule has 0 spiro atoms. The van der Waals surface area contributed by atoms with E-state index >= 15 is 0 Å². The SMILES string of the molecule is CCNC(=NCCNS(=O)(=O)c1ccccc1)N1CCOC(c2ccccc2C)C1.I. The molecule has 0 saturated carbocycles. The predicted octanol–water partition coefficient (Wildman–Crippen LogP) is 2.93. The number of rotatable bonds is 7. The maximum atomic E-state index is 12.3. The molecule has 0 aliphatic carbocycles. The van der Waals surface area contributed by atoms with E-state index in [9.17, 15) is 8.42 Å². The van der Waals surface area contributed by atoms with Crippen LogP contribution in [0.2, 0.25) is 0 Å². The first kappa shape index (κ1) is 25.6. The van der Waals surface area contributed by atoms with Crippen LogP contribution in [0.3, 0.4) is 0 Å². The van der Waals surface area contributed by atoms with Gasteiger partial charge in [0.1, 0.15) is 6.10 Å². The molecule has 1 atom stereocenters. The number of benzene rings is 2. The monoisotopic (exact) mass is 558 g/mol. The molecule has 7 nitrogen and oxygen atoms in total. The van der Waals surface area contributed by atoms with Gasteiger partial charge in [0, 0.05) is 19.6 Å². The number of hydrogen-bond donors (Lipinski definition) is 2. The largest absolute Gasteiger partial charge is 0.370 e. The van der Waals surface area contributed by atoms with Crippen LogP contribution in [0.15, 0.2) is 64.5 Å². The van der Waals surface area contributed by atoms with Crippen molar-refractivity contribution in [1.29, 1.82) is 0 Å². The summed E-state index contributed by atoms with van der Waals surface area (Å²) in [5.74, 6) is 0.776. The first-order valence-electron chi connectivity index (χ1n) is 10.3. The van der Waals surface area contributed by atoms with Gasteiger partial charge < -0.3 is 15.0 Å². The maximum Gasteiger partial charge on any atom is 0.240 e. The van der Waals surface area contributed by atoms with Crippen LogP contribution in [0.1, 0.15) is 24.2 Å². The van der Waals surface area contributed by atoms with Crippen LogP contribution in [0.4, 0.5) is 0 Å². The summed E-state index contributed by atoms with van der Waals surface area (Å²) in [7, 11) is -3.52. The third kappa shape index (κ3) is 7.16. The third-order valence-corrected chi connectivity index (χ3v) is 6.43. The smallest absolute Gasteiger partial charge is 0.240 e. The van der Waals surface area contributed by atoms with Crippen molar-refractivity contribution in [3.8, 4) is 0 Å². The Morgan fingerprint density at radius 2 is 1.87 bits per heavy atom. The molecule has 9 heteroatoms. The normalized spacial score (nSPS) is 17.2. The van der Waals surface area contributed by atoms with Gasteiger partial charge in [-0.3, -0.25) is 4.99 Å². The van der Waals surface area contributed by atoms with Crippen molar-refractivity contribution >= 4 is 40.0 Å². The minimum Gasteiger partial charge on any atom is -0.370 e. The number of nitrogens with zero attached hydrogens (tertiary/aromatic N) is 2. The van der Waals surface area contributed by atoms with Crippen molar-refractivity contribution in [1.82, 2.24) is 14.9 Å². The maximum absolute atomic E-state index is 12.3. The van der Waals surface area contributed by atoms with Gasteiger partial charge in [-0.1, -0.05) is 42.5 Å². The molecule has 1 aliphatic rings. The highest BCUT2D eigenvalue weighted by atomic mass is 127. The molecule has 0 aromatic heterocycles. The highest BCUT2D eigenvalue weighted by Crippen LogP contribution is 2.24. The lowest BCUT2D eigenvalue weighted by atomic mass is 10.0. The average molecular weight is 558 g/mol. The zero-order valence-electron chi connectivity index (χ0n) is 18.0. The molecule has 1 heterocycles. The van der Waals surface area contributed by atoms with Gasteiger partial charge in [-0.05, 0) is 37.1 Å². The van der Waals surface area contributed by atoms with Crippen LogP contribution >= 0.6 is 24.0 Å². The number of aryl methyl sites for hydroxylation is 1. The quantitative estimate of drug-likeness (QED) is 0.237. The van der Waals surface area contributed by atoms with Gasteiger partial charge in [-0.25, -0.2) is 13.1 Å². The van der Waals surface area contributed by atoms with E-state index in [1.54, 1.807) is 30.3 Å². The first-order valence-corrected chi connectivity index (χ1v) is 11.7. The first-order chi connectivity index (χ1) is 14.5. The van der Waals surface area contributed by atoms with Crippen molar-refractivity contribution in [3.05, 3.63) is 65.7 Å². The van der Waals surface area contributed by atoms with E-state index < -0.39 is 10.0 Å². The Morgan fingerprint density at radius 1 is 1.16 bits per heavy atom. The minimum atomic E-state index is -3.52. The molecule has 31 heavy (non-hydrogen) atoms. The summed E-state index contributed by atoms with van der Waals surface area (Å²) in [6, 6.07) is 16.6. The summed E-state index contributed by atoms with van der Waals surface area (Å²) >= 11 is 0. The molecular weight excluding hydrogens is 527 g/mol. The molecule has 3 rings (SSSR count). The number of ether oxygens (including phenoxy) is 1. The Hall–Kier alpha value is -1.69. The number of halogens is 1. The molecule has 2 aromatic carbocycles. The van der Waals surface area contributed by atoms with Gasteiger partial charge in [0.15, 0.2) is 5.96 Å². The van der Waals surface area contributed by atoms with E-state index in [0.717, 1.165) is 19.0 Å².